The number of rotatable bonds is 1. The number of likely N-dealkylation sites (tertiary alicyclic amines) is 1. The van der Waals surface area contributed by atoms with Crippen molar-refractivity contribution in [2.45, 2.75) is 71.0 Å². The van der Waals surface area contributed by atoms with Crippen LogP contribution < -0.4 is 0 Å². The van der Waals surface area contributed by atoms with E-state index in [0.29, 0.717) is 25.0 Å². The third-order valence-corrected chi connectivity index (χ3v) is 6.24. The Hall–Kier alpha value is -0.875. The molecule has 0 radical (unpaired) electrons. The van der Waals surface area contributed by atoms with Gasteiger partial charge in [0.2, 0.25) is 5.91 Å². The average molecular weight is 323 g/mol. The zero-order chi connectivity index (χ0) is 17.0. The van der Waals surface area contributed by atoms with Crippen molar-refractivity contribution in [1.29, 1.82) is 0 Å². The summed E-state index contributed by atoms with van der Waals surface area (Å²) in [6, 6.07) is 0. The molecule has 1 atom stereocenters. The van der Waals surface area contributed by atoms with Crippen LogP contribution in [-0.2, 0) is 14.1 Å². The number of hydrogen-bond acceptors (Lipinski definition) is 3. The molecule has 3 rings (SSSR count). The lowest BCUT2D eigenvalue weighted by atomic mass is 9.65. The summed E-state index contributed by atoms with van der Waals surface area (Å²) < 4.78 is 27.1. The second-order valence-electron chi connectivity index (χ2n) is 8.18. The summed E-state index contributed by atoms with van der Waals surface area (Å²) in [5.41, 5.74) is -1.56. The summed E-state index contributed by atoms with van der Waals surface area (Å²) >= 11 is 0. The highest BCUT2D eigenvalue weighted by molar-refractivity contribution is 6.54. The Morgan fingerprint density at radius 1 is 1.13 bits per heavy atom. The van der Waals surface area contributed by atoms with Crippen molar-refractivity contribution in [1.82, 2.24) is 4.90 Å². The first-order valence-corrected chi connectivity index (χ1v) is 8.61. The van der Waals surface area contributed by atoms with Crippen LogP contribution in [0.4, 0.5) is 4.39 Å². The van der Waals surface area contributed by atoms with Gasteiger partial charge in [0.05, 0.1) is 16.6 Å². The average Bonchev–Trinajstić information content (AvgIpc) is 2.87. The molecule has 1 aliphatic carbocycles. The zero-order valence-electron chi connectivity index (χ0n) is 14.9. The molecule has 2 heterocycles. The van der Waals surface area contributed by atoms with Gasteiger partial charge in [-0.3, -0.25) is 4.79 Å². The topological polar surface area (TPSA) is 38.8 Å². The van der Waals surface area contributed by atoms with E-state index in [-0.39, 0.29) is 11.6 Å². The summed E-state index contributed by atoms with van der Waals surface area (Å²) in [6.45, 7) is 8.34. The summed E-state index contributed by atoms with van der Waals surface area (Å²) in [4.78, 5) is 14.4. The Kier molecular flexibility index (Phi) is 3.92. The van der Waals surface area contributed by atoms with E-state index in [1.807, 2.05) is 27.7 Å². The van der Waals surface area contributed by atoms with Gasteiger partial charge in [-0.1, -0.05) is 6.42 Å². The molecule has 1 unspecified atom stereocenters. The second kappa shape index (κ2) is 5.31. The maximum absolute atomic E-state index is 15.3. The van der Waals surface area contributed by atoms with Crippen molar-refractivity contribution in [2.24, 2.45) is 5.41 Å². The maximum Gasteiger partial charge on any atom is 0.525 e. The van der Waals surface area contributed by atoms with Crippen LogP contribution in [0.3, 0.4) is 0 Å². The molecule has 2 saturated heterocycles. The SMILES string of the molecule is CN1CCC2(CCCCC2=C(F)B2OC(C)(C)C(C)(C)O2)C1=O. The fraction of sp³-hybridized carbons (Fsp3) is 0.824. The normalized spacial score (nSPS) is 35.3. The first-order chi connectivity index (χ1) is 10.6. The van der Waals surface area contributed by atoms with Gasteiger partial charge in [-0.25, -0.2) is 4.39 Å². The van der Waals surface area contributed by atoms with E-state index in [1.165, 1.54) is 0 Å². The van der Waals surface area contributed by atoms with Gasteiger partial charge < -0.3 is 14.2 Å². The molecule has 0 aromatic carbocycles. The largest absolute Gasteiger partial charge is 0.525 e. The van der Waals surface area contributed by atoms with Gasteiger partial charge in [-0.2, -0.15) is 0 Å². The molecule has 128 valence electrons. The molecule has 1 saturated carbocycles. The van der Waals surface area contributed by atoms with Gasteiger partial charge >= 0.3 is 7.12 Å². The van der Waals surface area contributed by atoms with E-state index >= 15 is 4.39 Å². The lowest BCUT2D eigenvalue weighted by Gasteiger charge is -2.35. The van der Waals surface area contributed by atoms with Crippen molar-refractivity contribution >= 4 is 13.0 Å². The molecular formula is C17H27BFNO3. The molecule has 6 heteroatoms. The summed E-state index contributed by atoms with van der Waals surface area (Å²) in [5, 5.41) is 0. The smallest absolute Gasteiger partial charge is 0.398 e. The van der Waals surface area contributed by atoms with Crippen LogP contribution >= 0.6 is 0 Å². The molecule has 0 bridgehead atoms. The van der Waals surface area contributed by atoms with Crippen LogP contribution in [0.25, 0.3) is 0 Å². The van der Waals surface area contributed by atoms with Gasteiger partial charge in [-0.15, -0.1) is 0 Å². The molecule has 3 aliphatic rings. The lowest BCUT2D eigenvalue weighted by Crippen LogP contribution is -2.41. The van der Waals surface area contributed by atoms with E-state index < -0.39 is 23.7 Å². The van der Waals surface area contributed by atoms with Gasteiger partial charge in [0.15, 0.2) is 0 Å². The number of amides is 1. The highest BCUT2D eigenvalue weighted by Gasteiger charge is 2.56. The van der Waals surface area contributed by atoms with Gasteiger partial charge in [0.1, 0.15) is 5.73 Å². The van der Waals surface area contributed by atoms with Crippen molar-refractivity contribution in [3.8, 4) is 0 Å². The van der Waals surface area contributed by atoms with E-state index in [9.17, 15) is 4.79 Å². The van der Waals surface area contributed by atoms with Crippen molar-refractivity contribution in [2.75, 3.05) is 13.6 Å². The number of halogens is 1. The minimum absolute atomic E-state index is 0.0545. The fourth-order valence-corrected chi connectivity index (χ4v) is 4.00. The lowest BCUT2D eigenvalue weighted by molar-refractivity contribution is -0.134. The predicted molar refractivity (Wildman–Crippen MR) is 87.4 cm³/mol. The van der Waals surface area contributed by atoms with Crippen LogP contribution in [0.5, 0.6) is 0 Å². The molecular weight excluding hydrogens is 296 g/mol. The number of carbonyl (C=O) groups excluding carboxylic acids is 1. The predicted octanol–water partition coefficient (Wildman–Crippen LogP) is 3.26. The van der Waals surface area contributed by atoms with Crippen molar-refractivity contribution in [3.63, 3.8) is 0 Å². The number of nitrogens with zero attached hydrogens (tertiary/aromatic N) is 1. The minimum Gasteiger partial charge on any atom is -0.398 e. The van der Waals surface area contributed by atoms with E-state index in [2.05, 4.69) is 0 Å². The Labute approximate surface area is 138 Å². The van der Waals surface area contributed by atoms with E-state index in [4.69, 9.17) is 9.31 Å². The van der Waals surface area contributed by atoms with Crippen LogP contribution in [0, 0.1) is 5.41 Å². The quantitative estimate of drug-likeness (QED) is 0.695. The van der Waals surface area contributed by atoms with Crippen molar-refractivity contribution < 1.29 is 18.5 Å². The molecule has 1 amide bonds. The zero-order valence-corrected chi connectivity index (χ0v) is 14.9. The number of carbonyl (C=O) groups is 1. The standard InChI is InChI=1S/C17H27BFNO3/c1-15(2)16(3,4)23-18(22-15)13(19)12-8-6-7-9-17(12)10-11-20(5)14(17)21/h6-11H2,1-5H3. The van der Waals surface area contributed by atoms with Crippen LogP contribution in [-0.4, -0.2) is 42.7 Å². The molecule has 0 aromatic rings. The summed E-state index contributed by atoms with van der Waals surface area (Å²) in [5.74, 6) is 0.0545. The van der Waals surface area contributed by atoms with Crippen LogP contribution in [0.2, 0.25) is 0 Å². The van der Waals surface area contributed by atoms with Gasteiger partial charge in [0.25, 0.3) is 0 Å². The molecule has 4 nitrogen and oxygen atoms in total. The molecule has 0 aromatic heterocycles. The van der Waals surface area contributed by atoms with E-state index in [0.717, 1.165) is 19.3 Å². The third-order valence-electron chi connectivity index (χ3n) is 6.24. The Morgan fingerprint density at radius 3 is 2.26 bits per heavy atom. The molecule has 3 fully saturated rings. The third kappa shape index (κ3) is 2.45. The van der Waals surface area contributed by atoms with Gasteiger partial charge in [0, 0.05) is 13.6 Å². The number of hydrogen-bond donors (Lipinski definition) is 0. The molecule has 2 aliphatic heterocycles. The monoisotopic (exact) mass is 323 g/mol. The first-order valence-electron chi connectivity index (χ1n) is 8.61. The Morgan fingerprint density at radius 2 is 1.74 bits per heavy atom. The summed E-state index contributed by atoms with van der Waals surface area (Å²) in [7, 11) is 0.805. The van der Waals surface area contributed by atoms with Crippen LogP contribution in [0.15, 0.2) is 11.3 Å². The molecule has 23 heavy (non-hydrogen) atoms. The fourth-order valence-electron chi connectivity index (χ4n) is 4.00. The summed E-state index contributed by atoms with van der Waals surface area (Å²) in [6.07, 6.45) is 3.94. The van der Waals surface area contributed by atoms with E-state index in [1.54, 1.807) is 11.9 Å². The first kappa shape index (κ1) is 17.0. The van der Waals surface area contributed by atoms with Crippen LogP contribution in [0.1, 0.15) is 59.8 Å². The second-order valence-corrected chi connectivity index (χ2v) is 8.18. The van der Waals surface area contributed by atoms with Gasteiger partial charge in [-0.05, 0) is 59.0 Å². The molecule has 0 N–H and O–H groups in total. The highest BCUT2D eigenvalue weighted by Crippen LogP contribution is 2.51. The maximum atomic E-state index is 15.3. The van der Waals surface area contributed by atoms with Crippen molar-refractivity contribution in [3.05, 3.63) is 11.3 Å². The Bertz CT molecular complexity index is 540. The molecule has 1 spiro atoms. The Balaban J connectivity index is 1.97. The highest BCUT2D eigenvalue weighted by atomic mass is 19.1. The minimum atomic E-state index is -0.997.